The van der Waals surface area contributed by atoms with Gasteiger partial charge in [-0.1, -0.05) is 0 Å². The Balaban J connectivity index is 1.84. The highest BCUT2D eigenvalue weighted by Gasteiger charge is 2.33. The van der Waals surface area contributed by atoms with Crippen molar-refractivity contribution >= 4 is 38.1 Å². The molecular weight excluding hydrogens is 470 g/mol. The van der Waals surface area contributed by atoms with E-state index in [1.807, 2.05) is 0 Å². The van der Waals surface area contributed by atoms with Gasteiger partial charge in [0.1, 0.15) is 0 Å². The molecule has 0 N–H and O–H groups in total. The monoisotopic (exact) mass is 511 g/mol. The van der Waals surface area contributed by atoms with Gasteiger partial charge in [0, 0.05) is 21.5 Å². The molecule has 0 unspecified atom stereocenters. The van der Waals surface area contributed by atoms with Crippen molar-refractivity contribution < 1.29 is 0 Å². The van der Waals surface area contributed by atoms with Gasteiger partial charge in [0.25, 0.3) is 0 Å². The van der Waals surface area contributed by atoms with Crippen LogP contribution in [0.5, 0.6) is 0 Å². The molecule has 0 amide bonds. The molecule has 0 radical (unpaired) electrons. The van der Waals surface area contributed by atoms with E-state index >= 15 is 0 Å². The smallest absolute Gasteiger partial charge is 0.0626 e. The number of hydrogen-bond donors (Lipinski definition) is 0. The molecule has 4 aromatic carbocycles. The maximum absolute atomic E-state index is 2.70. The molecule has 0 aliphatic heterocycles. The van der Waals surface area contributed by atoms with Crippen molar-refractivity contribution in [3.63, 3.8) is 0 Å². The van der Waals surface area contributed by atoms with Crippen LogP contribution in [-0.2, 0) is 6.42 Å². The van der Waals surface area contributed by atoms with Crippen LogP contribution < -0.4 is 0 Å². The Bertz CT molecular complexity index is 2140. The average Bonchev–Trinajstić information content (AvgIpc) is 3.58. The maximum atomic E-state index is 2.70. The second kappa shape index (κ2) is 7.45. The zero-order valence-electron chi connectivity index (χ0n) is 26.2. The summed E-state index contributed by atoms with van der Waals surface area (Å²) in [6.45, 7) is 30.5. The Hall–Kier alpha value is -3.32. The lowest BCUT2D eigenvalue weighted by Gasteiger charge is -2.19. The van der Waals surface area contributed by atoms with E-state index in [4.69, 9.17) is 0 Å². The highest BCUT2D eigenvalue weighted by atomic mass is 14.9. The summed E-state index contributed by atoms with van der Waals surface area (Å²) in [6, 6.07) is 0. The van der Waals surface area contributed by atoms with Crippen molar-refractivity contribution in [2.45, 2.75) is 96.4 Å². The molecule has 198 valence electrons. The van der Waals surface area contributed by atoms with Crippen LogP contribution in [-0.4, -0.2) is 4.40 Å². The third kappa shape index (κ3) is 2.54. The van der Waals surface area contributed by atoms with Crippen molar-refractivity contribution in [2.24, 2.45) is 0 Å². The van der Waals surface area contributed by atoms with E-state index < -0.39 is 0 Å². The third-order valence-electron chi connectivity index (χ3n) is 11.7. The zero-order chi connectivity index (χ0) is 28.1. The topological polar surface area (TPSA) is 4.41 Å². The summed E-state index contributed by atoms with van der Waals surface area (Å²) in [5.41, 5.74) is 29.3. The van der Waals surface area contributed by atoms with Crippen LogP contribution in [0.3, 0.4) is 0 Å². The molecule has 0 saturated heterocycles. The van der Waals surface area contributed by atoms with Crippen LogP contribution in [0.25, 0.3) is 49.2 Å². The molecule has 1 aliphatic carbocycles. The number of fused-ring (bicyclic) bond motifs is 9. The van der Waals surface area contributed by atoms with E-state index in [-0.39, 0.29) is 0 Å². The molecule has 1 nitrogen and oxygen atoms in total. The molecule has 1 aliphatic rings. The summed E-state index contributed by atoms with van der Waals surface area (Å²) in [5.74, 6) is 0. The van der Waals surface area contributed by atoms with Crippen molar-refractivity contribution in [2.75, 3.05) is 0 Å². The van der Waals surface area contributed by atoms with Gasteiger partial charge in [-0.05, 0) is 191 Å². The van der Waals surface area contributed by atoms with Crippen LogP contribution >= 0.6 is 0 Å². The summed E-state index contributed by atoms with van der Waals surface area (Å²) in [4.78, 5) is 0. The highest BCUT2D eigenvalue weighted by Crippen LogP contribution is 2.53. The normalized spacial score (nSPS) is 13.2. The van der Waals surface area contributed by atoms with Gasteiger partial charge in [0.2, 0.25) is 0 Å². The van der Waals surface area contributed by atoms with E-state index in [0.717, 1.165) is 6.42 Å². The first-order valence-electron chi connectivity index (χ1n) is 14.6. The Kier molecular flexibility index (Phi) is 4.72. The number of aryl methyl sites for hydroxylation is 6. The molecule has 2 heterocycles. The van der Waals surface area contributed by atoms with Crippen LogP contribution in [0.1, 0.15) is 83.5 Å². The van der Waals surface area contributed by atoms with E-state index in [2.05, 4.69) is 94.4 Å². The van der Waals surface area contributed by atoms with Gasteiger partial charge in [-0.25, -0.2) is 0 Å². The lowest BCUT2D eigenvalue weighted by molar-refractivity contribution is 1.14. The van der Waals surface area contributed by atoms with E-state index in [1.165, 1.54) is 122 Å². The second-order valence-electron chi connectivity index (χ2n) is 12.9. The van der Waals surface area contributed by atoms with Gasteiger partial charge in [-0.2, -0.15) is 0 Å². The summed E-state index contributed by atoms with van der Waals surface area (Å²) >= 11 is 0. The molecule has 0 bridgehead atoms. The quantitative estimate of drug-likeness (QED) is 0.191. The Morgan fingerprint density at radius 1 is 0.308 bits per heavy atom. The van der Waals surface area contributed by atoms with Gasteiger partial charge < -0.3 is 4.40 Å². The van der Waals surface area contributed by atoms with Gasteiger partial charge in [-0.3, -0.25) is 0 Å². The van der Waals surface area contributed by atoms with Crippen molar-refractivity contribution in [3.8, 4) is 11.1 Å². The first kappa shape index (κ1) is 24.7. The van der Waals surface area contributed by atoms with Gasteiger partial charge in [0.05, 0.1) is 16.6 Å². The highest BCUT2D eigenvalue weighted by molar-refractivity contribution is 6.28. The minimum Gasteiger partial charge on any atom is -0.307 e. The Morgan fingerprint density at radius 3 is 1.26 bits per heavy atom. The van der Waals surface area contributed by atoms with E-state index in [1.54, 1.807) is 11.1 Å². The lowest BCUT2D eigenvalue weighted by atomic mass is 9.85. The van der Waals surface area contributed by atoms with Crippen LogP contribution in [0.4, 0.5) is 0 Å². The molecule has 6 aromatic rings. The van der Waals surface area contributed by atoms with Crippen LogP contribution in [0.15, 0.2) is 0 Å². The van der Waals surface area contributed by atoms with Gasteiger partial charge in [0.15, 0.2) is 0 Å². The van der Waals surface area contributed by atoms with Crippen molar-refractivity contribution in [1.82, 2.24) is 4.40 Å². The second-order valence-corrected chi connectivity index (χ2v) is 12.9. The molecule has 0 atom stereocenters. The summed E-state index contributed by atoms with van der Waals surface area (Å²) in [6.07, 6.45) is 1.05. The minimum absolute atomic E-state index is 1.05. The van der Waals surface area contributed by atoms with Gasteiger partial charge in [-0.15, -0.1) is 0 Å². The first-order valence-corrected chi connectivity index (χ1v) is 14.6. The molecule has 0 spiro atoms. The number of rotatable bonds is 0. The molecule has 39 heavy (non-hydrogen) atoms. The predicted molar refractivity (Wildman–Crippen MR) is 171 cm³/mol. The Morgan fingerprint density at radius 2 is 0.667 bits per heavy atom. The van der Waals surface area contributed by atoms with E-state index in [0.29, 0.717) is 0 Å². The largest absolute Gasteiger partial charge is 0.307 e. The molecular formula is C38H41N. The fourth-order valence-corrected chi connectivity index (χ4v) is 8.50. The van der Waals surface area contributed by atoms with Crippen molar-refractivity contribution in [3.05, 3.63) is 83.5 Å². The van der Waals surface area contributed by atoms with Crippen LogP contribution in [0, 0.1) is 90.0 Å². The summed E-state index contributed by atoms with van der Waals surface area (Å²) < 4.78 is 2.70. The molecule has 2 aromatic heterocycles. The number of benzene rings is 4. The maximum Gasteiger partial charge on any atom is 0.0626 e. The number of aromatic nitrogens is 1. The lowest BCUT2D eigenvalue weighted by Crippen LogP contribution is -1.99. The number of nitrogens with zero attached hydrogens (tertiary/aromatic N) is 1. The fourth-order valence-electron chi connectivity index (χ4n) is 8.50. The third-order valence-corrected chi connectivity index (χ3v) is 11.7. The Labute approximate surface area is 233 Å². The SMILES string of the molecule is Cc1c(C)c(C)c2c(c1C)Cc1c-2c(C)c2c3c(C)c(C)c(C)c4c5c(C)c(C)c(C)c(C)c5n(c2c1C)c43. The predicted octanol–water partition coefficient (Wildman–Crippen LogP) is 10.4. The fraction of sp³-hybridized carbons (Fsp3) is 0.368. The molecule has 7 rings (SSSR count). The molecule has 0 saturated carbocycles. The summed E-state index contributed by atoms with van der Waals surface area (Å²) in [5, 5.41) is 5.90. The average molecular weight is 512 g/mol. The van der Waals surface area contributed by atoms with Gasteiger partial charge >= 0.3 is 0 Å². The summed E-state index contributed by atoms with van der Waals surface area (Å²) in [7, 11) is 0. The van der Waals surface area contributed by atoms with E-state index in [9.17, 15) is 0 Å². The number of hydrogen-bond acceptors (Lipinski definition) is 0. The standard InChI is InChI=1S/C38H41N/c1-15-16(2)21(7)30-28(20(15)6)14-29-26(12)37-35(27(13)31(29)30)34-24(10)19(5)23(9)33-32-22(8)17(3)18(4)25(11)36(32)39(37)38(33)34/h14H2,1-13H3. The van der Waals surface area contributed by atoms with Crippen molar-refractivity contribution in [1.29, 1.82) is 0 Å². The minimum atomic E-state index is 1.05. The first-order chi connectivity index (χ1) is 18.3. The molecule has 0 fully saturated rings. The van der Waals surface area contributed by atoms with Crippen LogP contribution in [0.2, 0.25) is 0 Å². The molecule has 1 heteroatoms. The zero-order valence-corrected chi connectivity index (χ0v) is 26.2.